The van der Waals surface area contributed by atoms with Crippen LogP contribution in [-0.2, 0) is 24.3 Å². The molecular formula is C21H25N5O3. The smallest absolute Gasteiger partial charge is 0.227 e. The van der Waals surface area contributed by atoms with E-state index < -0.39 is 0 Å². The van der Waals surface area contributed by atoms with E-state index in [1.165, 1.54) is 25.7 Å². The van der Waals surface area contributed by atoms with Gasteiger partial charge in [-0.1, -0.05) is 48.2 Å². The highest BCUT2D eigenvalue weighted by atomic mass is 16.5. The van der Waals surface area contributed by atoms with Gasteiger partial charge >= 0.3 is 0 Å². The number of aromatic nitrogens is 5. The maximum Gasteiger partial charge on any atom is 0.227 e. The van der Waals surface area contributed by atoms with Crippen molar-refractivity contribution in [3.05, 3.63) is 41.4 Å². The van der Waals surface area contributed by atoms with E-state index in [-0.39, 0.29) is 6.10 Å². The highest BCUT2D eigenvalue weighted by Crippen LogP contribution is 2.31. The van der Waals surface area contributed by atoms with Gasteiger partial charge in [0.05, 0.1) is 26.0 Å². The summed E-state index contributed by atoms with van der Waals surface area (Å²) in [6.45, 7) is 1.01. The van der Waals surface area contributed by atoms with Gasteiger partial charge in [-0.05, 0) is 30.0 Å². The summed E-state index contributed by atoms with van der Waals surface area (Å²) in [4.78, 5) is 4.56. The van der Waals surface area contributed by atoms with Crippen LogP contribution in [0.4, 0.5) is 0 Å². The van der Waals surface area contributed by atoms with Gasteiger partial charge in [-0.2, -0.15) is 4.98 Å². The van der Waals surface area contributed by atoms with E-state index in [1.807, 2.05) is 28.9 Å². The molecule has 3 aromatic rings. The van der Waals surface area contributed by atoms with Crippen molar-refractivity contribution in [2.24, 2.45) is 5.92 Å². The molecule has 1 saturated carbocycles. The lowest BCUT2D eigenvalue weighted by Gasteiger charge is -2.24. The Morgan fingerprint density at radius 3 is 2.79 bits per heavy atom. The highest BCUT2D eigenvalue weighted by molar-refractivity contribution is 5.51. The first-order valence-corrected chi connectivity index (χ1v) is 10.3. The molecule has 1 atom stereocenters. The molecule has 1 fully saturated rings. The SMILES string of the molecule is COc1ccc(C2Cn3nnc(-c4noc(CCC5CCCC5)n4)c3CO2)cc1. The number of nitrogens with zero attached hydrogens (tertiary/aromatic N) is 5. The maximum absolute atomic E-state index is 6.08. The number of fused-ring (bicyclic) bond motifs is 1. The molecule has 1 aliphatic carbocycles. The minimum Gasteiger partial charge on any atom is -0.497 e. The van der Waals surface area contributed by atoms with Crippen LogP contribution < -0.4 is 4.74 Å². The second kappa shape index (κ2) is 7.94. The van der Waals surface area contributed by atoms with Gasteiger partial charge in [0.15, 0.2) is 5.69 Å². The quantitative estimate of drug-likeness (QED) is 0.628. The molecule has 3 heterocycles. The predicted octanol–water partition coefficient (Wildman–Crippen LogP) is 3.73. The average Bonchev–Trinajstić information content (AvgIpc) is 3.52. The lowest BCUT2D eigenvalue weighted by Crippen LogP contribution is -2.22. The number of hydrogen-bond donors (Lipinski definition) is 0. The minimum absolute atomic E-state index is 0.0739. The summed E-state index contributed by atoms with van der Waals surface area (Å²) < 4.78 is 18.6. The van der Waals surface area contributed by atoms with Crippen LogP contribution in [-0.4, -0.2) is 32.2 Å². The number of benzene rings is 1. The van der Waals surface area contributed by atoms with E-state index in [2.05, 4.69) is 20.5 Å². The summed E-state index contributed by atoms with van der Waals surface area (Å²) in [6, 6.07) is 7.91. The lowest BCUT2D eigenvalue weighted by molar-refractivity contribution is -0.00114. The second-order valence-corrected chi connectivity index (χ2v) is 7.84. The Morgan fingerprint density at radius 2 is 2.00 bits per heavy atom. The zero-order valence-corrected chi connectivity index (χ0v) is 16.6. The first-order valence-electron chi connectivity index (χ1n) is 10.3. The fraction of sp³-hybridized carbons (Fsp3) is 0.524. The van der Waals surface area contributed by atoms with Crippen molar-refractivity contribution in [1.82, 2.24) is 25.1 Å². The van der Waals surface area contributed by atoms with E-state index in [4.69, 9.17) is 14.0 Å². The molecule has 0 amide bonds. The molecule has 8 heteroatoms. The van der Waals surface area contributed by atoms with Crippen LogP contribution in [0, 0.1) is 5.92 Å². The Morgan fingerprint density at radius 1 is 1.17 bits per heavy atom. The third kappa shape index (κ3) is 3.76. The van der Waals surface area contributed by atoms with Crippen LogP contribution in [0.5, 0.6) is 5.75 Å². The van der Waals surface area contributed by atoms with Crippen molar-refractivity contribution in [3.8, 4) is 17.3 Å². The fourth-order valence-corrected chi connectivity index (χ4v) is 4.28. The number of methoxy groups -OCH3 is 1. The molecule has 0 saturated heterocycles. The van der Waals surface area contributed by atoms with E-state index in [1.54, 1.807) is 7.11 Å². The first-order chi connectivity index (χ1) is 14.3. The van der Waals surface area contributed by atoms with Crippen molar-refractivity contribution in [2.75, 3.05) is 7.11 Å². The van der Waals surface area contributed by atoms with Crippen molar-refractivity contribution in [1.29, 1.82) is 0 Å². The minimum atomic E-state index is -0.0739. The molecule has 0 N–H and O–H groups in total. The van der Waals surface area contributed by atoms with E-state index >= 15 is 0 Å². The zero-order valence-electron chi connectivity index (χ0n) is 16.6. The molecule has 2 aromatic heterocycles. The maximum atomic E-state index is 6.08. The van der Waals surface area contributed by atoms with Crippen LogP contribution in [0.1, 0.15) is 55.4 Å². The molecule has 152 valence electrons. The Labute approximate surface area is 169 Å². The molecule has 2 aliphatic rings. The molecule has 1 aliphatic heterocycles. The molecule has 0 radical (unpaired) electrons. The number of aryl methyl sites for hydroxylation is 1. The lowest BCUT2D eigenvalue weighted by atomic mass is 10.0. The normalized spacial score (nSPS) is 19.4. The van der Waals surface area contributed by atoms with Crippen LogP contribution in [0.15, 0.2) is 28.8 Å². The summed E-state index contributed by atoms with van der Waals surface area (Å²) in [6.07, 6.45) is 7.23. The number of hydrogen-bond acceptors (Lipinski definition) is 7. The fourth-order valence-electron chi connectivity index (χ4n) is 4.28. The van der Waals surface area contributed by atoms with Crippen molar-refractivity contribution < 1.29 is 14.0 Å². The zero-order chi connectivity index (χ0) is 19.6. The van der Waals surface area contributed by atoms with Crippen molar-refractivity contribution in [3.63, 3.8) is 0 Å². The Hall–Kier alpha value is -2.74. The predicted molar refractivity (Wildman–Crippen MR) is 104 cm³/mol. The van der Waals surface area contributed by atoms with Gasteiger partial charge in [-0.25, -0.2) is 4.68 Å². The Kier molecular flexibility index (Phi) is 5.01. The van der Waals surface area contributed by atoms with Gasteiger partial charge in [-0.15, -0.1) is 5.10 Å². The molecule has 1 unspecified atom stereocenters. The Balaban J connectivity index is 1.27. The number of ether oxygens (including phenoxy) is 2. The summed E-state index contributed by atoms with van der Waals surface area (Å²) in [7, 11) is 1.66. The highest BCUT2D eigenvalue weighted by Gasteiger charge is 2.27. The van der Waals surface area contributed by atoms with Crippen LogP contribution in [0.3, 0.4) is 0 Å². The largest absolute Gasteiger partial charge is 0.497 e. The molecule has 1 aromatic carbocycles. The van der Waals surface area contributed by atoms with E-state index in [9.17, 15) is 0 Å². The summed E-state index contributed by atoms with van der Waals surface area (Å²) in [5.74, 6) is 2.81. The summed E-state index contributed by atoms with van der Waals surface area (Å²) in [5, 5.41) is 12.7. The van der Waals surface area contributed by atoms with Crippen LogP contribution in [0.25, 0.3) is 11.5 Å². The monoisotopic (exact) mass is 395 g/mol. The summed E-state index contributed by atoms with van der Waals surface area (Å²) >= 11 is 0. The molecule has 0 spiro atoms. The van der Waals surface area contributed by atoms with Gasteiger partial charge in [-0.3, -0.25) is 0 Å². The molecule has 29 heavy (non-hydrogen) atoms. The number of rotatable bonds is 6. The summed E-state index contributed by atoms with van der Waals surface area (Å²) in [5.41, 5.74) is 2.62. The van der Waals surface area contributed by atoms with Crippen molar-refractivity contribution in [2.45, 2.75) is 57.8 Å². The van der Waals surface area contributed by atoms with E-state index in [0.29, 0.717) is 30.6 Å². The van der Waals surface area contributed by atoms with Gasteiger partial charge in [0.25, 0.3) is 0 Å². The average molecular weight is 395 g/mol. The van der Waals surface area contributed by atoms with Gasteiger partial charge < -0.3 is 14.0 Å². The van der Waals surface area contributed by atoms with Crippen LogP contribution in [0.2, 0.25) is 0 Å². The molecule has 5 rings (SSSR count). The molecular weight excluding hydrogens is 370 g/mol. The first kappa shape index (κ1) is 18.3. The standard InChI is InChI=1S/C21H25N5O3/c1-27-16-9-7-15(8-10-16)18-12-26-17(13-28-18)20(23-25-26)21-22-19(29-24-21)11-6-14-4-2-3-5-14/h7-10,14,18H,2-6,11-13H2,1H3. The van der Waals surface area contributed by atoms with Crippen molar-refractivity contribution >= 4 is 0 Å². The topological polar surface area (TPSA) is 88.1 Å². The molecule has 8 nitrogen and oxygen atoms in total. The third-order valence-corrected chi connectivity index (χ3v) is 6.01. The van der Waals surface area contributed by atoms with E-state index in [0.717, 1.165) is 35.8 Å². The Bertz CT molecular complexity index is 959. The molecule has 0 bridgehead atoms. The van der Waals surface area contributed by atoms with Gasteiger partial charge in [0.1, 0.15) is 11.9 Å². The van der Waals surface area contributed by atoms with Crippen LogP contribution >= 0.6 is 0 Å². The third-order valence-electron chi connectivity index (χ3n) is 6.01. The van der Waals surface area contributed by atoms with Gasteiger partial charge in [0.2, 0.25) is 11.7 Å². The second-order valence-electron chi connectivity index (χ2n) is 7.84. The van der Waals surface area contributed by atoms with Gasteiger partial charge in [0, 0.05) is 6.42 Å².